The van der Waals surface area contributed by atoms with Gasteiger partial charge in [-0.25, -0.2) is 4.98 Å². The minimum Gasteiger partial charge on any atom is -0.343 e. The van der Waals surface area contributed by atoms with Crippen LogP contribution in [0.25, 0.3) is 11.3 Å². The SMILES string of the molecule is CCCN(CCC)C(=O)CCCC(=O)Nc1cccc(-c2cn3c(n2)CCCC3)c1. The minimum atomic E-state index is -0.0541. The molecule has 1 N–H and O–H groups in total. The zero-order valence-corrected chi connectivity index (χ0v) is 18.3. The van der Waals surface area contributed by atoms with Crippen LogP contribution < -0.4 is 5.32 Å². The van der Waals surface area contributed by atoms with Gasteiger partial charge in [-0.2, -0.15) is 0 Å². The third-order valence-electron chi connectivity index (χ3n) is 5.48. The van der Waals surface area contributed by atoms with Gasteiger partial charge in [0.2, 0.25) is 11.8 Å². The molecule has 0 atom stereocenters. The summed E-state index contributed by atoms with van der Waals surface area (Å²) in [5, 5.41) is 2.97. The lowest BCUT2D eigenvalue weighted by Crippen LogP contribution is -2.32. The van der Waals surface area contributed by atoms with E-state index in [1.807, 2.05) is 29.2 Å². The van der Waals surface area contributed by atoms with Crippen molar-refractivity contribution in [2.75, 3.05) is 18.4 Å². The van der Waals surface area contributed by atoms with E-state index in [1.165, 1.54) is 12.8 Å². The first-order valence-corrected chi connectivity index (χ1v) is 11.3. The molecule has 2 heterocycles. The molecule has 3 rings (SSSR count). The average molecular weight is 411 g/mol. The van der Waals surface area contributed by atoms with E-state index in [2.05, 4.69) is 29.9 Å². The summed E-state index contributed by atoms with van der Waals surface area (Å²) in [7, 11) is 0. The largest absolute Gasteiger partial charge is 0.343 e. The Labute approximate surface area is 179 Å². The zero-order valence-electron chi connectivity index (χ0n) is 18.3. The summed E-state index contributed by atoms with van der Waals surface area (Å²) < 4.78 is 2.24. The van der Waals surface area contributed by atoms with Gasteiger partial charge in [-0.1, -0.05) is 26.0 Å². The van der Waals surface area contributed by atoms with Crippen LogP contribution >= 0.6 is 0 Å². The van der Waals surface area contributed by atoms with E-state index in [1.54, 1.807) is 0 Å². The molecule has 162 valence electrons. The van der Waals surface area contributed by atoms with Gasteiger partial charge in [0.25, 0.3) is 0 Å². The van der Waals surface area contributed by atoms with E-state index in [4.69, 9.17) is 4.98 Å². The molecule has 0 unspecified atom stereocenters. The molecule has 2 aromatic rings. The third-order valence-corrected chi connectivity index (χ3v) is 5.48. The van der Waals surface area contributed by atoms with Crippen LogP contribution in [-0.4, -0.2) is 39.4 Å². The molecule has 0 radical (unpaired) electrons. The number of anilines is 1. The van der Waals surface area contributed by atoms with Crippen LogP contribution in [0.4, 0.5) is 5.69 Å². The van der Waals surface area contributed by atoms with Crippen molar-refractivity contribution < 1.29 is 9.59 Å². The zero-order chi connectivity index (χ0) is 21.3. The van der Waals surface area contributed by atoms with Crippen LogP contribution in [0.2, 0.25) is 0 Å². The van der Waals surface area contributed by atoms with Crippen LogP contribution in [0.5, 0.6) is 0 Å². The number of fused-ring (bicyclic) bond motifs is 1. The molecular weight excluding hydrogens is 376 g/mol. The Bertz CT molecular complexity index is 829. The maximum absolute atomic E-state index is 12.4. The summed E-state index contributed by atoms with van der Waals surface area (Å²) >= 11 is 0. The highest BCUT2D eigenvalue weighted by atomic mass is 16.2. The molecule has 1 aliphatic heterocycles. The summed E-state index contributed by atoms with van der Waals surface area (Å²) in [6.07, 6.45) is 8.81. The van der Waals surface area contributed by atoms with E-state index in [-0.39, 0.29) is 11.8 Å². The quantitative estimate of drug-likeness (QED) is 0.620. The first-order chi connectivity index (χ1) is 14.6. The number of hydrogen-bond donors (Lipinski definition) is 1. The van der Waals surface area contributed by atoms with Crippen LogP contribution in [0, 0.1) is 0 Å². The van der Waals surface area contributed by atoms with Gasteiger partial charge in [-0.05, 0) is 44.2 Å². The van der Waals surface area contributed by atoms with Gasteiger partial charge in [0.1, 0.15) is 5.82 Å². The van der Waals surface area contributed by atoms with Gasteiger partial charge in [0.15, 0.2) is 0 Å². The van der Waals surface area contributed by atoms with Crippen molar-refractivity contribution in [2.45, 2.75) is 71.8 Å². The number of carbonyl (C=O) groups excluding carboxylic acids is 2. The number of hydrogen-bond acceptors (Lipinski definition) is 3. The van der Waals surface area contributed by atoms with Gasteiger partial charge in [0, 0.05) is 56.3 Å². The Morgan fingerprint density at radius 3 is 2.67 bits per heavy atom. The average Bonchev–Trinajstić information content (AvgIpc) is 3.18. The molecule has 1 aromatic carbocycles. The Morgan fingerprint density at radius 1 is 1.13 bits per heavy atom. The maximum atomic E-state index is 12.4. The van der Waals surface area contributed by atoms with Crippen molar-refractivity contribution in [3.8, 4) is 11.3 Å². The van der Waals surface area contributed by atoms with E-state index < -0.39 is 0 Å². The maximum Gasteiger partial charge on any atom is 0.224 e. The number of aryl methyl sites for hydroxylation is 2. The van der Waals surface area contributed by atoms with Gasteiger partial charge >= 0.3 is 0 Å². The molecule has 0 saturated carbocycles. The predicted octanol–water partition coefficient (Wildman–Crippen LogP) is 4.64. The molecule has 30 heavy (non-hydrogen) atoms. The summed E-state index contributed by atoms with van der Waals surface area (Å²) in [4.78, 5) is 31.4. The van der Waals surface area contributed by atoms with Crippen molar-refractivity contribution in [3.63, 3.8) is 0 Å². The normalized spacial score (nSPS) is 13.0. The number of nitrogens with zero attached hydrogens (tertiary/aromatic N) is 3. The van der Waals surface area contributed by atoms with Crippen molar-refractivity contribution in [1.29, 1.82) is 0 Å². The third kappa shape index (κ3) is 5.94. The smallest absolute Gasteiger partial charge is 0.224 e. The van der Waals surface area contributed by atoms with E-state index >= 15 is 0 Å². The molecular formula is C24H34N4O2. The Balaban J connectivity index is 1.51. The monoisotopic (exact) mass is 410 g/mol. The minimum absolute atomic E-state index is 0.0541. The summed E-state index contributed by atoms with van der Waals surface area (Å²) in [5.41, 5.74) is 2.74. The summed E-state index contributed by atoms with van der Waals surface area (Å²) in [6.45, 7) is 6.78. The molecule has 6 heteroatoms. The number of benzene rings is 1. The molecule has 1 aromatic heterocycles. The number of nitrogens with one attached hydrogen (secondary N) is 1. The molecule has 0 bridgehead atoms. The van der Waals surface area contributed by atoms with Gasteiger partial charge < -0.3 is 14.8 Å². The number of amides is 2. The standard InChI is InChI=1S/C24H34N4O2/c1-3-14-27(15-4-2)24(30)13-8-12-23(29)25-20-10-7-9-19(17-20)21-18-28-16-6-5-11-22(28)26-21/h7,9-10,17-18H,3-6,8,11-16H2,1-2H3,(H,25,29). The second kappa shape index (κ2) is 11.0. The number of imidazole rings is 1. The fraction of sp³-hybridized carbons (Fsp3) is 0.542. The van der Waals surface area contributed by atoms with Crippen molar-refractivity contribution in [3.05, 3.63) is 36.3 Å². The van der Waals surface area contributed by atoms with E-state index in [0.29, 0.717) is 19.3 Å². The van der Waals surface area contributed by atoms with Crippen molar-refractivity contribution >= 4 is 17.5 Å². The van der Waals surface area contributed by atoms with E-state index in [9.17, 15) is 9.59 Å². The van der Waals surface area contributed by atoms with Crippen molar-refractivity contribution in [2.24, 2.45) is 0 Å². The van der Waals surface area contributed by atoms with Crippen molar-refractivity contribution in [1.82, 2.24) is 14.5 Å². The number of carbonyl (C=O) groups is 2. The molecule has 1 aliphatic rings. The van der Waals surface area contributed by atoms with Crippen LogP contribution in [-0.2, 0) is 22.6 Å². The lowest BCUT2D eigenvalue weighted by Gasteiger charge is -2.21. The van der Waals surface area contributed by atoms with Gasteiger partial charge in [0.05, 0.1) is 5.69 Å². The van der Waals surface area contributed by atoms with E-state index in [0.717, 1.165) is 61.7 Å². The fourth-order valence-electron chi connectivity index (χ4n) is 3.99. The lowest BCUT2D eigenvalue weighted by molar-refractivity contribution is -0.131. The molecule has 6 nitrogen and oxygen atoms in total. The Kier molecular flexibility index (Phi) is 8.05. The fourth-order valence-corrected chi connectivity index (χ4v) is 3.99. The lowest BCUT2D eigenvalue weighted by atomic mass is 10.1. The second-order valence-corrected chi connectivity index (χ2v) is 8.06. The predicted molar refractivity (Wildman–Crippen MR) is 120 cm³/mol. The molecule has 0 fully saturated rings. The first kappa shape index (κ1) is 22.1. The highest BCUT2D eigenvalue weighted by Crippen LogP contribution is 2.25. The highest BCUT2D eigenvalue weighted by Gasteiger charge is 2.15. The number of rotatable bonds is 10. The first-order valence-electron chi connectivity index (χ1n) is 11.3. The second-order valence-electron chi connectivity index (χ2n) is 8.06. The highest BCUT2D eigenvalue weighted by molar-refractivity contribution is 5.91. The molecule has 0 aliphatic carbocycles. The Hall–Kier alpha value is -2.63. The van der Waals surface area contributed by atoms with Gasteiger partial charge in [-0.15, -0.1) is 0 Å². The van der Waals surface area contributed by atoms with Gasteiger partial charge in [-0.3, -0.25) is 9.59 Å². The Morgan fingerprint density at radius 2 is 1.93 bits per heavy atom. The summed E-state index contributed by atoms with van der Waals surface area (Å²) in [5.74, 6) is 1.24. The topological polar surface area (TPSA) is 67.2 Å². The summed E-state index contributed by atoms with van der Waals surface area (Å²) in [6, 6.07) is 7.84. The molecule has 0 saturated heterocycles. The number of aromatic nitrogens is 2. The molecule has 0 spiro atoms. The molecule has 2 amide bonds. The van der Waals surface area contributed by atoms with Crippen LogP contribution in [0.3, 0.4) is 0 Å². The van der Waals surface area contributed by atoms with Crippen LogP contribution in [0.15, 0.2) is 30.5 Å². The van der Waals surface area contributed by atoms with Crippen LogP contribution in [0.1, 0.15) is 64.6 Å².